The van der Waals surface area contributed by atoms with Gasteiger partial charge in [0.15, 0.2) is 0 Å². The van der Waals surface area contributed by atoms with Gasteiger partial charge in [-0.05, 0) is 96.8 Å². The summed E-state index contributed by atoms with van der Waals surface area (Å²) in [6.07, 6.45) is 3.46. The van der Waals surface area contributed by atoms with Gasteiger partial charge in [-0.15, -0.1) is 11.8 Å². The number of nitrogens with one attached hydrogen (secondary N) is 2. The van der Waals surface area contributed by atoms with E-state index in [2.05, 4.69) is 41.1 Å². The number of amides is 1. The Kier molecular flexibility index (Phi) is 15.6. The van der Waals surface area contributed by atoms with Crippen molar-refractivity contribution in [1.82, 2.24) is 14.5 Å². The SMILES string of the molecule is CC1(C)CCC(c2ccc(Cl)cc2)=C(CN2CCN(c3ccccc3C(=O)NS(=O)(=O)c3ccc(NC(CCN4CCOCC4)CSc4ccccc4)c(S(=O)(=O)C(F)(F)F)c3)CC2)C1. The van der Waals surface area contributed by atoms with Crippen molar-refractivity contribution in [3.05, 3.63) is 119 Å². The van der Waals surface area contributed by atoms with E-state index in [0.29, 0.717) is 88.0 Å². The molecule has 18 heteroatoms. The molecule has 4 aromatic rings. The van der Waals surface area contributed by atoms with E-state index in [0.717, 1.165) is 42.8 Å². The Labute approximate surface area is 389 Å². The molecule has 11 nitrogen and oxygen atoms in total. The minimum absolute atomic E-state index is 0.0479. The lowest BCUT2D eigenvalue weighted by molar-refractivity contribution is -0.0435. The van der Waals surface area contributed by atoms with Crippen LogP contribution in [0.5, 0.6) is 0 Å². The molecule has 7 rings (SSSR count). The number of piperazine rings is 1. The Morgan fingerprint density at radius 2 is 1.54 bits per heavy atom. The number of alkyl halides is 3. The van der Waals surface area contributed by atoms with Gasteiger partial charge in [0.05, 0.1) is 29.4 Å². The summed E-state index contributed by atoms with van der Waals surface area (Å²) < 4.78 is 104. The van der Waals surface area contributed by atoms with Crippen LogP contribution >= 0.6 is 23.4 Å². The minimum atomic E-state index is -6.07. The fourth-order valence-electron chi connectivity index (χ4n) is 8.59. The summed E-state index contributed by atoms with van der Waals surface area (Å²) in [5.41, 5.74) is -1.52. The number of para-hydroxylation sites is 1. The Morgan fingerprint density at radius 3 is 2.23 bits per heavy atom. The molecule has 2 N–H and O–H groups in total. The van der Waals surface area contributed by atoms with Gasteiger partial charge in [-0.25, -0.2) is 21.6 Å². The van der Waals surface area contributed by atoms with E-state index in [4.69, 9.17) is 16.3 Å². The van der Waals surface area contributed by atoms with Crippen LogP contribution in [-0.2, 0) is 24.6 Å². The number of hydrogen-bond donors (Lipinski definition) is 2. The number of ether oxygens (including phenoxy) is 1. The average molecular weight is 975 g/mol. The number of morpholine rings is 1. The summed E-state index contributed by atoms with van der Waals surface area (Å²) in [6, 6.07) is 25.9. The van der Waals surface area contributed by atoms with Crippen LogP contribution in [-0.4, -0.2) is 115 Å². The summed E-state index contributed by atoms with van der Waals surface area (Å²) in [4.78, 5) is 19.3. The first-order valence-corrected chi connectivity index (χ1v) is 26.0. The lowest BCUT2D eigenvalue weighted by Crippen LogP contribution is -2.48. The predicted octanol–water partition coefficient (Wildman–Crippen LogP) is 8.83. The molecule has 1 atom stereocenters. The Hall–Kier alpha value is -4.10. The van der Waals surface area contributed by atoms with Crippen molar-refractivity contribution in [2.75, 3.05) is 81.5 Å². The highest BCUT2D eigenvalue weighted by atomic mass is 35.5. The van der Waals surface area contributed by atoms with Gasteiger partial charge in [-0.3, -0.25) is 14.6 Å². The standard InChI is InChI=1S/C47H55ClF3N5O6S3/c1-46(2)20-18-40(34-12-14-36(48)15-13-34)35(31-46)32-55-22-24-56(25-23-55)43-11-7-6-10-41(43)45(57)53-65(60,61)39-16-17-42(44(30-39)64(58,59)47(49,50)51)52-37(19-21-54-26-28-62-29-27-54)33-63-38-8-4-3-5-9-38/h3-17,30,37,52H,18-29,31-33H2,1-2H3,(H,53,57). The summed E-state index contributed by atoms with van der Waals surface area (Å²) in [5.74, 6) is -0.639. The van der Waals surface area contributed by atoms with Gasteiger partial charge in [0.2, 0.25) is 0 Å². The second-order valence-corrected chi connectivity index (χ2v) is 22.6. The number of halogens is 4. The van der Waals surface area contributed by atoms with Gasteiger partial charge in [-0.1, -0.05) is 73.5 Å². The molecule has 3 aliphatic rings. The molecule has 350 valence electrons. The lowest BCUT2D eigenvalue weighted by atomic mass is 9.73. The maximum atomic E-state index is 14.3. The highest BCUT2D eigenvalue weighted by Crippen LogP contribution is 2.43. The second kappa shape index (κ2) is 20.8. The molecule has 1 aliphatic carbocycles. The molecular weight excluding hydrogens is 919 g/mol. The van der Waals surface area contributed by atoms with E-state index in [1.807, 2.05) is 52.1 Å². The van der Waals surface area contributed by atoms with Gasteiger partial charge in [0.25, 0.3) is 25.8 Å². The summed E-state index contributed by atoms with van der Waals surface area (Å²) in [6.45, 7) is 10.8. The molecule has 65 heavy (non-hydrogen) atoms. The van der Waals surface area contributed by atoms with Crippen molar-refractivity contribution in [1.29, 1.82) is 0 Å². The third-order valence-electron chi connectivity index (χ3n) is 12.2. The van der Waals surface area contributed by atoms with Crippen molar-refractivity contribution >= 4 is 66.1 Å². The Balaban J connectivity index is 1.07. The number of carbonyl (C=O) groups is 1. The monoisotopic (exact) mass is 973 g/mol. The van der Waals surface area contributed by atoms with E-state index >= 15 is 0 Å². The number of benzene rings is 4. The van der Waals surface area contributed by atoms with Crippen LogP contribution in [0.4, 0.5) is 24.5 Å². The topological polar surface area (TPSA) is 128 Å². The number of hydrogen-bond acceptors (Lipinski definition) is 11. The van der Waals surface area contributed by atoms with Gasteiger partial charge in [0.1, 0.15) is 4.90 Å². The quantitative estimate of drug-likeness (QED) is 0.105. The Morgan fingerprint density at radius 1 is 0.862 bits per heavy atom. The number of carbonyl (C=O) groups excluding carboxylic acids is 1. The number of thioether (sulfide) groups is 1. The van der Waals surface area contributed by atoms with Crippen LogP contribution in [0.25, 0.3) is 5.57 Å². The second-order valence-electron chi connectivity index (χ2n) is 17.5. The zero-order chi connectivity index (χ0) is 46.4. The fourth-order valence-corrected chi connectivity index (χ4v) is 11.7. The molecule has 1 amide bonds. The number of allylic oxidation sites excluding steroid dienone is 1. The summed E-state index contributed by atoms with van der Waals surface area (Å²) in [7, 11) is -11.0. The highest BCUT2D eigenvalue weighted by Gasteiger charge is 2.48. The first-order chi connectivity index (χ1) is 30.9. The van der Waals surface area contributed by atoms with Crippen molar-refractivity contribution in [3.8, 4) is 0 Å². The third kappa shape index (κ3) is 12.5. The molecule has 0 aromatic heterocycles. The normalized spacial score (nSPS) is 18.3. The molecule has 0 bridgehead atoms. The van der Waals surface area contributed by atoms with E-state index in [1.165, 1.54) is 34.5 Å². The number of anilines is 2. The van der Waals surface area contributed by atoms with Crippen molar-refractivity contribution < 1.29 is 39.5 Å². The van der Waals surface area contributed by atoms with Crippen LogP contribution in [0.3, 0.4) is 0 Å². The molecule has 2 aliphatic heterocycles. The predicted molar refractivity (Wildman–Crippen MR) is 252 cm³/mol. The van der Waals surface area contributed by atoms with E-state index in [-0.39, 0.29) is 11.0 Å². The van der Waals surface area contributed by atoms with Gasteiger partial charge in [-0.2, -0.15) is 13.2 Å². The summed E-state index contributed by atoms with van der Waals surface area (Å²) in [5, 5.41) is 3.70. The number of sulfonamides is 1. The van der Waals surface area contributed by atoms with Crippen LogP contribution < -0.4 is 14.9 Å². The molecular formula is C47H55ClF3N5O6S3. The van der Waals surface area contributed by atoms with Crippen LogP contribution in [0, 0.1) is 5.41 Å². The zero-order valence-electron chi connectivity index (χ0n) is 36.4. The summed E-state index contributed by atoms with van der Waals surface area (Å²) >= 11 is 7.65. The van der Waals surface area contributed by atoms with E-state index in [9.17, 15) is 34.8 Å². The van der Waals surface area contributed by atoms with Crippen molar-refractivity contribution in [2.45, 2.75) is 65.8 Å². The third-order valence-corrected chi connectivity index (χ3v) is 16.5. The van der Waals surface area contributed by atoms with E-state index < -0.39 is 52.8 Å². The molecule has 2 saturated heterocycles. The molecule has 4 aromatic carbocycles. The van der Waals surface area contributed by atoms with Crippen LogP contribution in [0.1, 0.15) is 55.5 Å². The number of nitrogens with zero attached hydrogens (tertiary/aromatic N) is 3. The lowest BCUT2D eigenvalue weighted by Gasteiger charge is -2.40. The molecule has 0 saturated carbocycles. The molecule has 2 heterocycles. The first kappa shape index (κ1) is 48.8. The maximum Gasteiger partial charge on any atom is 0.501 e. The highest BCUT2D eigenvalue weighted by molar-refractivity contribution is 7.99. The molecule has 2 fully saturated rings. The van der Waals surface area contributed by atoms with Crippen molar-refractivity contribution in [3.63, 3.8) is 0 Å². The van der Waals surface area contributed by atoms with Gasteiger partial charge >= 0.3 is 5.51 Å². The first-order valence-electron chi connectivity index (χ1n) is 21.7. The largest absolute Gasteiger partial charge is 0.501 e. The van der Waals surface area contributed by atoms with Gasteiger partial charge < -0.3 is 15.0 Å². The molecule has 1 unspecified atom stereocenters. The van der Waals surface area contributed by atoms with Crippen LogP contribution in [0.15, 0.2) is 117 Å². The average Bonchev–Trinajstić information content (AvgIpc) is 3.28. The molecule has 0 radical (unpaired) electrons. The maximum absolute atomic E-state index is 14.3. The zero-order valence-corrected chi connectivity index (χ0v) is 39.7. The smallest absolute Gasteiger partial charge is 0.380 e. The fraction of sp³-hybridized carbons (Fsp3) is 0.426. The molecule has 0 spiro atoms. The minimum Gasteiger partial charge on any atom is -0.380 e. The Bertz CT molecular complexity index is 2550. The van der Waals surface area contributed by atoms with Crippen LogP contribution in [0.2, 0.25) is 5.02 Å². The number of sulfone groups is 1. The number of rotatable bonds is 16. The van der Waals surface area contributed by atoms with Gasteiger partial charge in [0, 0.05) is 79.8 Å². The van der Waals surface area contributed by atoms with E-state index in [1.54, 1.807) is 18.2 Å². The van der Waals surface area contributed by atoms with Crippen molar-refractivity contribution in [2.24, 2.45) is 5.41 Å².